The van der Waals surface area contributed by atoms with Gasteiger partial charge in [0.25, 0.3) is 0 Å². The lowest BCUT2D eigenvalue weighted by Crippen LogP contribution is -2.01. The fourth-order valence-corrected chi connectivity index (χ4v) is 3.59. The highest BCUT2D eigenvalue weighted by atomic mass is 16.5. The van der Waals surface area contributed by atoms with Crippen molar-refractivity contribution in [1.29, 1.82) is 0 Å². The molecule has 8 nitrogen and oxygen atoms in total. The van der Waals surface area contributed by atoms with Crippen molar-refractivity contribution in [3.63, 3.8) is 0 Å². The summed E-state index contributed by atoms with van der Waals surface area (Å²) in [7, 11) is 0. The summed E-state index contributed by atoms with van der Waals surface area (Å²) in [6, 6.07) is 21.6. The summed E-state index contributed by atoms with van der Waals surface area (Å²) in [6.07, 6.45) is 5.22. The van der Waals surface area contributed by atoms with E-state index in [-0.39, 0.29) is 0 Å². The number of aromatic nitrogens is 3. The maximum atomic E-state index is 6.10. The molecule has 1 aliphatic heterocycles. The van der Waals surface area contributed by atoms with Crippen molar-refractivity contribution in [2.45, 2.75) is 19.8 Å². The number of pyridine rings is 3. The predicted molar refractivity (Wildman–Crippen MR) is 132 cm³/mol. The Labute approximate surface area is 197 Å². The van der Waals surface area contributed by atoms with Gasteiger partial charge in [0.15, 0.2) is 0 Å². The summed E-state index contributed by atoms with van der Waals surface area (Å²) in [5.74, 6) is 2.06. The molecule has 34 heavy (non-hydrogen) atoms. The van der Waals surface area contributed by atoms with Gasteiger partial charge in [0.05, 0.1) is 22.8 Å². The molecule has 0 bridgehead atoms. The van der Waals surface area contributed by atoms with Gasteiger partial charge in [-0.2, -0.15) is 5.11 Å². The molecule has 8 heteroatoms. The first-order chi connectivity index (χ1) is 16.7. The molecule has 0 saturated carbocycles. The lowest BCUT2D eigenvalue weighted by atomic mass is 10.1. The van der Waals surface area contributed by atoms with Crippen LogP contribution in [-0.4, -0.2) is 27.2 Å². The minimum atomic E-state index is 0.607. The zero-order chi connectivity index (χ0) is 23.2. The molecule has 4 heterocycles. The van der Waals surface area contributed by atoms with Crippen LogP contribution in [0.1, 0.15) is 17.7 Å². The third-order valence-electron chi connectivity index (χ3n) is 5.33. The molecule has 4 aromatic rings. The largest absolute Gasteiger partial charge is 0.455 e. The molecule has 0 amide bonds. The highest BCUT2D eigenvalue weighted by Crippen LogP contribution is 2.28. The number of rotatable bonds is 8. The van der Waals surface area contributed by atoms with Crippen LogP contribution in [-0.2, 0) is 6.42 Å². The van der Waals surface area contributed by atoms with Crippen LogP contribution in [0.3, 0.4) is 0 Å². The molecule has 0 aliphatic carbocycles. The number of benzene rings is 1. The lowest BCUT2D eigenvalue weighted by molar-refractivity contribution is 0.475. The van der Waals surface area contributed by atoms with E-state index in [4.69, 9.17) is 4.74 Å². The van der Waals surface area contributed by atoms with Crippen molar-refractivity contribution < 1.29 is 4.74 Å². The number of ether oxygens (including phenoxy) is 1. The van der Waals surface area contributed by atoms with Gasteiger partial charge in [0.1, 0.15) is 23.9 Å². The zero-order valence-electron chi connectivity index (χ0n) is 18.7. The quantitative estimate of drug-likeness (QED) is 0.349. The average Bonchev–Trinajstić information content (AvgIpc) is 3.39. The summed E-state index contributed by atoms with van der Waals surface area (Å²) >= 11 is 0. The summed E-state index contributed by atoms with van der Waals surface area (Å²) in [4.78, 5) is 13.4. The third kappa shape index (κ3) is 5.29. The molecule has 0 spiro atoms. The molecule has 0 fully saturated rings. The second-order valence-electron chi connectivity index (χ2n) is 7.85. The highest BCUT2D eigenvalue weighted by molar-refractivity contribution is 5.87. The summed E-state index contributed by atoms with van der Waals surface area (Å²) < 4.78 is 6.10. The molecule has 0 unspecified atom stereocenters. The number of anilines is 2. The Morgan fingerprint density at radius 1 is 0.882 bits per heavy atom. The fraction of sp³-hybridized carbons (Fsp3) is 0.154. The number of aryl methyl sites for hydroxylation is 2. The number of hydrogen-bond donors (Lipinski definition) is 1. The van der Waals surface area contributed by atoms with Gasteiger partial charge in [-0.3, -0.25) is 4.98 Å². The summed E-state index contributed by atoms with van der Waals surface area (Å²) in [5, 5.41) is 15.0. The second kappa shape index (κ2) is 9.99. The SMILES string of the molecule is Cc1nc(-c2ccccn2)ccc1Oc1ccnc(Nc2cccc(CCC3=NN=NC3)c2)c1. The van der Waals surface area contributed by atoms with Gasteiger partial charge in [-0.05, 0) is 73.0 Å². The van der Waals surface area contributed by atoms with Crippen LogP contribution >= 0.6 is 0 Å². The van der Waals surface area contributed by atoms with Gasteiger partial charge >= 0.3 is 0 Å². The third-order valence-corrected chi connectivity index (χ3v) is 5.33. The molecule has 168 valence electrons. The van der Waals surface area contributed by atoms with Crippen molar-refractivity contribution in [2.75, 3.05) is 11.9 Å². The maximum Gasteiger partial charge on any atom is 0.148 e. The van der Waals surface area contributed by atoms with E-state index in [0.717, 1.165) is 41.3 Å². The van der Waals surface area contributed by atoms with Crippen LogP contribution in [0, 0.1) is 6.92 Å². The first-order valence-electron chi connectivity index (χ1n) is 11.0. The molecule has 3 aromatic heterocycles. The Bertz CT molecular complexity index is 1350. The van der Waals surface area contributed by atoms with E-state index < -0.39 is 0 Å². The topological polar surface area (TPSA) is 97.0 Å². The van der Waals surface area contributed by atoms with Crippen LogP contribution < -0.4 is 10.1 Å². The van der Waals surface area contributed by atoms with Gasteiger partial charge in [0.2, 0.25) is 0 Å². The van der Waals surface area contributed by atoms with Crippen LogP contribution in [0.2, 0.25) is 0 Å². The van der Waals surface area contributed by atoms with E-state index in [1.54, 1.807) is 12.4 Å². The molecular weight excluding hydrogens is 426 g/mol. The fourth-order valence-electron chi connectivity index (χ4n) is 3.59. The molecular formula is C26H23N7O. The van der Waals surface area contributed by atoms with Gasteiger partial charge in [-0.25, -0.2) is 9.97 Å². The van der Waals surface area contributed by atoms with E-state index in [9.17, 15) is 0 Å². The van der Waals surface area contributed by atoms with Crippen molar-refractivity contribution in [3.05, 3.63) is 90.4 Å². The monoisotopic (exact) mass is 449 g/mol. The zero-order valence-corrected chi connectivity index (χ0v) is 18.7. The van der Waals surface area contributed by atoms with Gasteiger partial charge in [0, 0.05) is 24.1 Å². The number of hydrogen-bond acceptors (Lipinski definition) is 8. The van der Waals surface area contributed by atoms with Gasteiger partial charge in [-0.1, -0.05) is 18.2 Å². The van der Waals surface area contributed by atoms with Crippen LogP contribution in [0.4, 0.5) is 11.5 Å². The lowest BCUT2D eigenvalue weighted by Gasteiger charge is -2.12. The summed E-state index contributed by atoms with van der Waals surface area (Å²) in [6.45, 7) is 2.53. The van der Waals surface area contributed by atoms with Gasteiger partial charge in [-0.15, -0.1) is 5.10 Å². The standard InChI is InChI=1S/C26H23N7O/c1-18-25(11-10-24(30-18)23-7-2-3-13-27-23)34-22-12-14-28-26(16-22)31-20-6-4-5-19(15-20)8-9-21-17-29-33-32-21/h2-7,10-16H,8-9,17H2,1H3,(H,28,31). The Balaban J connectivity index is 1.26. The van der Waals surface area contributed by atoms with Crippen molar-refractivity contribution in [3.8, 4) is 22.9 Å². The molecule has 1 aliphatic rings. The van der Waals surface area contributed by atoms with E-state index >= 15 is 0 Å². The Morgan fingerprint density at radius 2 is 1.85 bits per heavy atom. The molecule has 1 N–H and O–H groups in total. The Hall–Kier alpha value is -4.46. The minimum absolute atomic E-state index is 0.607. The van der Waals surface area contributed by atoms with Crippen LogP contribution in [0.5, 0.6) is 11.5 Å². The maximum absolute atomic E-state index is 6.10. The highest BCUT2D eigenvalue weighted by Gasteiger charge is 2.09. The molecule has 1 aromatic carbocycles. The molecule has 0 atom stereocenters. The number of nitrogens with zero attached hydrogens (tertiary/aromatic N) is 6. The van der Waals surface area contributed by atoms with Gasteiger partial charge < -0.3 is 10.1 Å². The Kier molecular flexibility index (Phi) is 6.29. The molecule has 0 saturated heterocycles. The minimum Gasteiger partial charge on any atom is -0.455 e. The second-order valence-corrected chi connectivity index (χ2v) is 7.85. The Morgan fingerprint density at radius 3 is 2.68 bits per heavy atom. The van der Waals surface area contributed by atoms with Crippen molar-refractivity contribution in [2.24, 2.45) is 15.4 Å². The summed E-state index contributed by atoms with van der Waals surface area (Å²) in [5.41, 5.74) is 5.61. The van der Waals surface area contributed by atoms with Crippen LogP contribution in [0.15, 0.2) is 94.6 Å². The molecule has 0 radical (unpaired) electrons. The molecule has 5 rings (SSSR count). The number of nitrogens with one attached hydrogen (secondary N) is 1. The normalized spacial score (nSPS) is 12.4. The van der Waals surface area contributed by atoms with E-state index in [1.807, 2.05) is 61.5 Å². The first-order valence-corrected chi connectivity index (χ1v) is 11.0. The predicted octanol–water partition coefficient (Wildman–Crippen LogP) is 6.14. The first kappa shape index (κ1) is 21.4. The van der Waals surface area contributed by atoms with Crippen LogP contribution in [0.25, 0.3) is 11.4 Å². The van der Waals surface area contributed by atoms with Crippen molar-refractivity contribution in [1.82, 2.24) is 15.0 Å². The van der Waals surface area contributed by atoms with Crippen molar-refractivity contribution >= 4 is 17.2 Å². The van der Waals surface area contributed by atoms with E-state index in [1.165, 1.54) is 5.56 Å². The smallest absolute Gasteiger partial charge is 0.148 e. The van der Waals surface area contributed by atoms with E-state index in [2.05, 4.69) is 47.8 Å². The van der Waals surface area contributed by atoms with E-state index in [0.29, 0.717) is 23.9 Å². The average molecular weight is 450 g/mol.